The number of aryl methyl sites for hydroxylation is 1. The smallest absolute Gasteiger partial charge is 0.231 e. The molecule has 1 unspecified atom stereocenters. The van der Waals surface area contributed by atoms with Gasteiger partial charge in [-0.3, -0.25) is 4.79 Å². The van der Waals surface area contributed by atoms with E-state index >= 15 is 0 Å². The molecule has 1 aromatic heterocycles. The first-order chi connectivity index (χ1) is 10.6. The van der Waals surface area contributed by atoms with Crippen LogP contribution in [0.5, 0.6) is 0 Å². The summed E-state index contributed by atoms with van der Waals surface area (Å²) in [6.45, 7) is 2.95. The zero-order valence-electron chi connectivity index (χ0n) is 12.8. The molecule has 22 heavy (non-hydrogen) atoms. The normalized spacial score (nSPS) is 20.7. The van der Waals surface area contributed by atoms with Crippen LogP contribution in [0.2, 0.25) is 0 Å². The summed E-state index contributed by atoms with van der Waals surface area (Å²) in [4.78, 5) is 19.6. The third kappa shape index (κ3) is 2.16. The predicted octanol–water partition coefficient (Wildman–Crippen LogP) is 3.49. The summed E-state index contributed by atoms with van der Waals surface area (Å²) in [5, 5.41) is 1.08. The molecule has 1 aromatic carbocycles. The van der Waals surface area contributed by atoms with Crippen LogP contribution < -0.4 is 4.90 Å². The van der Waals surface area contributed by atoms with E-state index in [9.17, 15) is 4.79 Å². The predicted molar refractivity (Wildman–Crippen MR) is 87.3 cm³/mol. The Hall–Kier alpha value is -1.72. The first-order valence-electron chi connectivity index (χ1n) is 7.62. The average molecular weight is 314 g/mol. The van der Waals surface area contributed by atoms with Crippen LogP contribution in [0, 0.1) is 6.92 Å². The van der Waals surface area contributed by atoms with E-state index in [1.807, 2.05) is 13.1 Å². The van der Waals surface area contributed by atoms with E-state index in [0.29, 0.717) is 6.42 Å². The summed E-state index contributed by atoms with van der Waals surface area (Å²) >= 11 is 1.73. The maximum absolute atomic E-state index is 11.8. The molecular formula is C17H18N2O2S. The molecule has 1 saturated heterocycles. The maximum atomic E-state index is 11.8. The Morgan fingerprint density at radius 3 is 3.05 bits per heavy atom. The van der Waals surface area contributed by atoms with Gasteiger partial charge in [0.05, 0.1) is 12.1 Å². The van der Waals surface area contributed by atoms with E-state index < -0.39 is 0 Å². The van der Waals surface area contributed by atoms with Gasteiger partial charge < -0.3 is 9.64 Å². The molecule has 2 aliphatic heterocycles. The van der Waals surface area contributed by atoms with Crippen molar-refractivity contribution in [2.24, 2.45) is 0 Å². The molecule has 1 atom stereocenters. The first-order valence-corrected chi connectivity index (χ1v) is 8.44. The van der Waals surface area contributed by atoms with Crippen LogP contribution in [0.1, 0.15) is 34.4 Å². The van der Waals surface area contributed by atoms with Crippen LogP contribution in [0.4, 0.5) is 5.69 Å². The Labute approximate surface area is 133 Å². The van der Waals surface area contributed by atoms with Crippen molar-refractivity contribution in [3.63, 3.8) is 0 Å². The van der Waals surface area contributed by atoms with Gasteiger partial charge in [0, 0.05) is 29.8 Å². The lowest BCUT2D eigenvalue weighted by atomic mass is 10.1. The molecule has 5 heteroatoms. The van der Waals surface area contributed by atoms with Crippen molar-refractivity contribution in [2.75, 3.05) is 18.6 Å². The molecule has 4 rings (SSSR count). The van der Waals surface area contributed by atoms with Crippen LogP contribution >= 0.6 is 11.3 Å². The molecule has 114 valence electrons. The lowest BCUT2D eigenvalue weighted by Crippen LogP contribution is -2.20. The van der Waals surface area contributed by atoms with E-state index in [1.54, 1.807) is 16.2 Å². The molecule has 0 saturated carbocycles. The molecule has 0 spiro atoms. The highest BCUT2D eigenvalue weighted by atomic mass is 32.1. The summed E-state index contributed by atoms with van der Waals surface area (Å²) in [5.74, 6) is 0.155. The lowest BCUT2D eigenvalue weighted by molar-refractivity contribution is -0.117. The number of carbonyl (C=O) groups is 1. The van der Waals surface area contributed by atoms with Crippen LogP contribution in [0.3, 0.4) is 0 Å². The highest BCUT2D eigenvalue weighted by molar-refractivity contribution is 7.12. The van der Waals surface area contributed by atoms with Gasteiger partial charge in [0.1, 0.15) is 11.1 Å². The second-order valence-corrected chi connectivity index (χ2v) is 7.17. The minimum Gasteiger partial charge on any atom is -0.371 e. The molecule has 0 N–H and O–H groups in total. The van der Waals surface area contributed by atoms with Crippen molar-refractivity contribution in [1.82, 2.24) is 4.98 Å². The maximum Gasteiger partial charge on any atom is 0.231 e. The van der Waals surface area contributed by atoms with E-state index in [-0.39, 0.29) is 12.0 Å². The zero-order chi connectivity index (χ0) is 15.3. The molecule has 0 radical (unpaired) electrons. The average Bonchev–Trinajstić information content (AvgIpc) is 3.20. The SMILES string of the molecule is Cc1sc(C2CCCO2)nc1-c1ccc2c(c1)CC(=O)N2C. The zero-order valence-corrected chi connectivity index (χ0v) is 13.6. The van der Waals surface area contributed by atoms with E-state index in [1.165, 1.54) is 4.88 Å². The quantitative estimate of drug-likeness (QED) is 0.852. The fourth-order valence-corrected chi connectivity index (χ4v) is 4.24. The van der Waals surface area contributed by atoms with Crippen LogP contribution in [0.15, 0.2) is 18.2 Å². The Morgan fingerprint density at radius 2 is 2.27 bits per heavy atom. The number of ether oxygens (including phenoxy) is 1. The molecule has 0 aliphatic carbocycles. The Kier molecular flexibility index (Phi) is 3.27. The third-order valence-corrected chi connectivity index (χ3v) is 5.51. The van der Waals surface area contributed by atoms with Crippen LogP contribution in [-0.4, -0.2) is 24.5 Å². The van der Waals surface area contributed by atoms with E-state index in [2.05, 4.69) is 19.1 Å². The second kappa shape index (κ2) is 5.18. The van der Waals surface area contributed by atoms with Crippen molar-refractivity contribution >= 4 is 22.9 Å². The highest BCUT2D eigenvalue weighted by Gasteiger charge is 2.26. The number of hydrogen-bond donors (Lipinski definition) is 0. The summed E-state index contributed by atoms with van der Waals surface area (Å²) in [6.07, 6.45) is 2.84. The molecule has 1 fully saturated rings. The molecule has 3 heterocycles. The number of hydrogen-bond acceptors (Lipinski definition) is 4. The fraction of sp³-hybridized carbons (Fsp3) is 0.412. The Morgan fingerprint density at radius 1 is 1.41 bits per heavy atom. The molecule has 2 aliphatic rings. The minimum atomic E-state index is 0.155. The van der Waals surface area contributed by atoms with Crippen molar-refractivity contribution in [1.29, 1.82) is 0 Å². The molecule has 4 nitrogen and oxygen atoms in total. The standard InChI is InChI=1S/C17H18N2O2S/c1-10-16(18-17(22-10)14-4-3-7-21-14)11-5-6-13-12(8-11)9-15(20)19(13)2/h5-6,8,14H,3-4,7,9H2,1-2H3. The molecular weight excluding hydrogens is 296 g/mol. The number of carbonyl (C=O) groups excluding carboxylic acids is 1. The number of thiazole rings is 1. The Bertz CT molecular complexity index is 747. The monoisotopic (exact) mass is 314 g/mol. The lowest BCUT2D eigenvalue weighted by Gasteiger charge is -2.10. The minimum absolute atomic E-state index is 0.155. The second-order valence-electron chi connectivity index (χ2n) is 5.93. The topological polar surface area (TPSA) is 42.4 Å². The van der Waals surface area contributed by atoms with Crippen molar-refractivity contribution < 1.29 is 9.53 Å². The number of rotatable bonds is 2. The van der Waals surface area contributed by atoms with Gasteiger partial charge in [0.25, 0.3) is 0 Å². The van der Waals surface area contributed by atoms with Gasteiger partial charge >= 0.3 is 0 Å². The van der Waals surface area contributed by atoms with Crippen molar-refractivity contribution in [3.8, 4) is 11.3 Å². The summed E-state index contributed by atoms with van der Waals surface area (Å²) in [6, 6.07) is 6.20. The number of nitrogens with zero attached hydrogens (tertiary/aromatic N) is 2. The van der Waals surface area contributed by atoms with Gasteiger partial charge in [0.15, 0.2) is 0 Å². The van der Waals surface area contributed by atoms with Gasteiger partial charge in [-0.2, -0.15) is 0 Å². The van der Waals surface area contributed by atoms with Gasteiger partial charge in [-0.05, 0) is 37.5 Å². The molecule has 1 amide bonds. The van der Waals surface area contributed by atoms with Gasteiger partial charge in [-0.15, -0.1) is 11.3 Å². The highest BCUT2D eigenvalue weighted by Crippen LogP contribution is 2.38. The molecule has 2 aromatic rings. The van der Waals surface area contributed by atoms with Gasteiger partial charge in [-0.25, -0.2) is 4.98 Å². The van der Waals surface area contributed by atoms with E-state index in [0.717, 1.165) is 47.0 Å². The Balaban J connectivity index is 1.71. The largest absolute Gasteiger partial charge is 0.371 e. The van der Waals surface area contributed by atoms with Gasteiger partial charge in [-0.1, -0.05) is 6.07 Å². The fourth-order valence-electron chi connectivity index (χ4n) is 3.21. The van der Waals surface area contributed by atoms with Crippen molar-refractivity contribution in [3.05, 3.63) is 33.6 Å². The first kappa shape index (κ1) is 13.9. The number of anilines is 1. The third-order valence-electron chi connectivity index (χ3n) is 4.45. The number of aromatic nitrogens is 1. The van der Waals surface area contributed by atoms with Crippen LogP contribution in [-0.2, 0) is 16.0 Å². The van der Waals surface area contributed by atoms with E-state index in [4.69, 9.17) is 9.72 Å². The molecule has 0 bridgehead atoms. The summed E-state index contributed by atoms with van der Waals surface area (Å²) in [5.41, 5.74) is 4.23. The number of likely N-dealkylation sites (N-methyl/N-ethyl adjacent to an activating group) is 1. The number of fused-ring (bicyclic) bond motifs is 1. The number of amides is 1. The summed E-state index contributed by atoms with van der Waals surface area (Å²) in [7, 11) is 1.83. The van der Waals surface area contributed by atoms with Crippen molar-refractivity contribution in [2.45, 2.75) is 32.3 Å². The van der Waals surface area contributed by atoms with Crippen LogP contribution in [0.25, 0.3) is 11.3 Å². The summed E-state index contributed by atoms with van der Waals surface area (Å²) < 4.78 is 5.74. The number of benzene rings is 1. The van der Waals surface area contributed by atoms with Gasteiger partial charge in [0.2, 0.25) is 5.91 Å².